The number of anilines is 1. The lowest BCUT2D eigenvalue weighted by molar-refractivity contribution is -0.118. The molecule has 1 amide bonds. The van der Waals surface area contributed by atoms with E-state index in [4.69, 9.17) is 22.6 Å². The van der Waals surface area contributed by atoms with Crippen molar-refractivity contribution in [2.24, 2.45) is 11.7 Å². The first-order valence-corrected chi connectivity index (χ1v) is 5.59. The van der Waals surface area contributed by atoms with E-state index >= 15 is 0 Å². The highest BCUT2D eigenvalue weighted by Gasteiger charge is 2.17. The van der Waals surface area contributed by atoms with Crippen LogP contribution in [0.3, 0.4) is 0 Å². The Kier molecular flexibility index (Phi) is 4.50. The molecule has 5 heteroatoms. The van der Waals surface area contributed by atoms with Crippen molar-refractivity contribution in [2.75, 3.05) is 5.32 Å². The van der Waals surface area contributed by atoms with E-state index in [0.29, 0.717) is 16.3 Å². The van der Waals surface area contributed by atoms with Gasteiger partial charge in [0.1, 0.15) is 6.07 Å². The van der Waals surface area contributed by atoms with Crippen molar-refractivity contribution >= 4 is 23.2 Å². The van der Waals surface area contributed by atoms with Gasteiger partial charge in [-0.25, -0.2) is 0 Å². The summed E-state index contributed by atoms with van der Waals surface area (Å²) in [5.74, 6) is -0.219. The first kappa shape index (κ1) is 13.5. The van der Waals surface area contributed by atoms with Gasteiger partial charge in [0.25, 0.3) is 0 Å². The minimum atomic E-state index is -0.573. The van der Waals surface area contributed by atoms with Crippen molar-refractivity contribution < 1.29 is 4.79 Å². The molecule has 1 rings (SSSR count). The number of hydrogen-bond acceptors (Lipinski definition) is 3. The molecular weight excluding hydrogens is 238 g/mol. The monoisotopic (exact) mass is 251 g/mol. The van der Waals surface area contributed by atoms with Crippen LogP contribution in [-0.2, 0) is 4.79 Å². The molecule has 0 aliphatic rings. The molecule has 0 heterocycles. The molecule has 17 heavy (non-hydrogen) atoms. The summed E-state index contributed by atoms with van der Waals surface area (Å²) in [5.41, 5.74) is 6.55. The average Bonchev–Trinajstić information content (AvgIpc) is 2.30. The standard InChI is InChI=1S/C12H14ClN3O/c1-7(2)11(15)12(17)16-9-3-4-10(13)8(5-9)6-14/h3-5,7,11H,15H2,1-2H3,(H,16,17)/t11-/m1/s1. The van der Waals surface area contributed by atoms with Gasteiger partial charge in [0, 0.05) is 5.69 Å². The fourth-order valence-electron chi connectivity index (χ4n) is 1.22. The molecular formula is C12H14ClN3O. The number of rotatable bonds is 3. The molecule has 0 radical (unpaired) electrons. The number of halogens is 1. The molecule has 1 aromatic carbocycles. The van der Waals surface area contributed by atoms with E-state index in [9.17, 15) is 4.79 Å². The Morgan fingerprint density at radius 3 is 2.71 bits per heavy atom. The second-order valence-corrected chi connectivity index (χ2v) is 4.47. The van der Waals surface area contributed by atoms with Crippen LogP contribution < -0.4 is 11.1 Å². The maximum Gasteiger partial charge on any atom is 0.241 e. The molecule has 0 saturated heterocycles. The first-order chi connectivity index (χ1) is 7.95. The quantitative estimate of drug-likeness (QED) is 0.864. The van der Waals surface area contributed by atoms with Gasteiger partial charge in [-0.05, 0) is 24.1 Å². The maximum absolute atomic E-state index is 11.7. The Morgan fingerprint density at radius 2 is 2.18 bits per heavy atom. The van der Waals surface area contributed by atoms with Crippen LogP contribution in [-0.4, -0.2) is 11.9 Å². The van der Waals surface area contributed by atoms with Crippen LogP contribution in [0.5, 0.6) is 0 Å². The van der Waals surface area contributed by atoms with Crippen LogP contribution in [0.2, 0.25) is 5.02 Å². The van der Waals surface area contributed by atoms with Crippen molar-refractivity contribution in [1.29, 1.82) is 5.26 Å². The number of nitrogens with two attached hydrogens (primary N) is 1. The highest BCUT2D eigenvalue weighted by Crippen LogP contribution is 2.19. The summed E-state index contributed by atoms with van der Waals surface area (Å²) in [7, 11) is 0. The first-order valence-electron chi connectivity index (χ1n) is 5.21. The molecule has 0 fully saturated rings. The molecule has 1 aromatic rings. The van der Waals surface area contributed by atoms with E-state index < -0.39 is 6.04 Å². The van der Waals surface area contributed by atoms with E-state index in [0.717, 1.165) is 0 Å². The SMILES string of the molecule is CC(C)[C@@H](N)C(=O)Nc1ccc(Cl)c(C#N)c1. The molecule has 0 bridgehead atoms. The summed E-state index contributed by atoms with van der Waals surface area (Å²) in [4.78, 5) is 11.7. The molecule has 0 aromatic heterocycles. The average molecular weight is 252 g/mol. The third-order valence-corrected chi connectivity index (χ3v) is 2.70. The predicted molar refractivity (Wildman–Crippen MR) is 67.6 cm³/mol. The van der Waals surface area contributed by atoms with Crippen molar-refractivity contribution in [2.45, 2.75) is 19.9 Å². The zero-order chi connectivity index (χ0) is 13.0. The normalized spacial score (nSPS) is 12.0. The van der Waals surface area contributed by atoms with Crippen LogP contribution >= 0.6 is 11.6 Å². The lowest BCUT2D eigenvalue weighted by atomic mass is 10.0. The van der Waals surface area contributed by atoms with E-state index in [1.165, 1.54) is 6.07 Å². The fourth-order valence-corrected chi connectivity index (χ4v) is 1.38. The highest BCUT2D eigenvalue weighted by atomic mass is 35.5. The molecule has 0 aliphatic heterocycles. The molecule has 4 nitrogen and oxygen atoms in total. The number of carbonyl (C=O) groups excluding carboxylic acids is 1. The van der Waals surface area contributed by atoms with Crippen molar-refractivity contribution in [3.8, 4) is 6.07 Å². The molecule has 1 atom stereocenters. The number of amides is 1. The van der Waals surface area contributed by atoms with Gasteiger partial charge in [-0.3, -0.25) is 4.79 Å². The Labute approximate surface area is 105 Å². The maximum atomic E-state index is 11.7. The van der Waals surface area contributed by atoms with Gasteiger partial charge >= 0.3 is 0 Å². The number of benzene rings is 1. The van der Waals surface area contributed by atoms with Crippen LogP contribution in [0.15, 0.2) is 18.2 Å². The number of nitrogens with one attached hydrogen (secondary N) is 1. The molecule has 0 spiro atoms. The van der Waals surface area contributed by atoms with Crippen LogP contribution in [0.25, 0.3) is 0 Å². The third kappa shape index (κ3) is 3.45. The van der Waals surface area contributed by atoms with Gasteiger partial charge < -0.3 is 11.1 Å². The minimum Gasteiger partial charge on any atom is -0.325 e. The topological polar surface area (TPSA) is 78.9 Å². The van der Waals surface area contributed by atoms with E-state index in [1.54, 1.807) is 12.1 Å². The Balaban J connectivity index is 2.83. The smallest absolute Gasteiger partial charge is 0.241 e. The third-order valence-electron chi connectivity index (χ3n) is 2.38. The lowest BCUT2D eigenvalue weighted by Gasteiger charge is -2.15. The van der Waals surface area contributed by atoms with Crippen molar-refractivity contribution in [3.05, 3.63) is 28.8 Å². The summed E-state index contributed by atoms with van der Waals surface area (Å²) < 4.78 is 0. The Morgan fingerprint density at radius 1 is 1.53 bits per heavy atom. The second kappa shape index (κ2) is 5.67. The van der Waals surface area contributed by atoms with Gasteiger partial charge in [-0.15, -0.1) is 0 Å². The van der Waals surface area contributed by atoms with E-state index in [2.05, 4.69) is 5.32 Å². The molecule has 3 N–H and O–H groups in total. The number of hydrogen-bond donors (Lipinski definition) is 2. The van der Waals surface area contributed by atoms with Gasteiger partial charge in [0.15, 0.2) is 0 Å². The summed E-state index contributed by atoms with van der Waals surface area (Å²) in [5, 5.41) is 11.8. The van der Waals surface area contributed by atoms with Crippen molar-refractivity contribution in [1.82, 2.24) is 0 Å². The summed E-state index contributed by atoms with van der Waals surface area (Å²) in [6.45, 7) is 3.74. The van der Waals surface area contributed by atoms with Gasteiger partial charge in [0.2, 0.25) is 5.91 Å². The summed E-state index contributed by atoms with van der Waals surface area (Å²) in [6, 6.07) is 6.09. The Hall–Kier alpha value is -1.57. The minimum absolute atomic E-state index is 0.0535. The summed E-state index contributed by atoms with van der Waals surface area (Å²) >= 11 is 5.79. The number of nitrogens with zero attached hydrogens (tertiary/aromatic N) is 1. The Bertz CT molecular complexity index is 465. The van der Waals surface area contributed by atoms with Gasteiger partial charge in [-0.1, -0.05) is 25.4 Å². The number of nitriles is 1. The van der Waals surface area contributed by atoms with Crippen LogP contribution in [0.1, 0.15) is 19.4 Å². The molecule has 90 valence electrons. The number of carbonyl (C=O) groups is 1. The second-order valence-electron chi connectivity index (χ2n) is 4.07. The highest BCUT2D eigenvalue weighted by molar-refractivity contribution is 6.31. The van der Waals surface area contributed by atoms with Crippen LogP contribution in [0.4, 0.5) is 5.69 Å². The van der Waals surface area contributed by atoms with E-state index in [1.807, 2.05) is 19.9 Å². The molecule has 0 saturated carbocycles. The zero-order valence-electron chi connectivity index (χ0n) is 9.70. The largest absolute Gasteiger partial charge is 0.325 e. The lowest BCUT2D eigenvalue weighted by Crippen LogP contribution is -2.39. The van der Waals surface area contributed by atoms with E-state index in [-0.39, 0.29) is 11.8 Å². The molecule has 0 unspecified atom stereocenters. The van der Waals surface area contributed by atoms with Gasteiger partial charge in [0.05, 0.1) is 16.6 Å². The predicted octanol–water partition coefficient (Wildman–Crippen LogP) is 2.13. The zero-order valence-corrected chi connectivity index (χ0v) is 10.5. The molecule has 0 aliphatic carbocycles. The van der Waals surface area contributed by atoms with Gasteiger partial charge in [-0.2, -0.15) is 5.26 Å². The summed E-state index contributed by atoms with van der Waals surface area (Å²) in [6.07, 6.45) is 0. The van der Waals surface area contributed by atoms with Crippen molar-refractivity contribution in [3.63, 3.8) is 0 Å². The van der Waals surface area contributed by atoms with Crippen LogP contribution in [0, 0.1) is 17.2 Å². The fraction of sp³-hybridized carbons (Fsp3) is 0.333.